The van der Waals surface area contributed by atoms with Crippen LogP contribution in [-0.4, -0.2) is 9.97 Å². The van der Waals surface area contributed by atoms with Crippen LogP contribution >= 0.6 is 0 Å². The van der Waals surface area contributed by atoms with Crippen LogP contribution in [-0.2, 0) is 0 Å². The predicted octanol–water partition coefficient (Wildman–Crippen LogP) is 3.19. The average molecular weight is 237 g/mol. The van der Waals surface area contributed by atoms with E-state index in [9.17, 15) is 4.39 Å². The van der Waals surface area contributed by atoms with Crippen LogP contribution < -0.4 is 5.73 Å². The zero-order valence-corrected chi connectivity index (χ0v) is 10.5. The third-order valence-electron chi connectivity index (χ3n) is 3.85. The lowest BCUT2D eigenvalue weighted by atomic mass is 9.80. The molecule has 0 atom stereocenters. The Morgan fingerprint density at radius 1 is 1.24 bits per heavy atom. The van der Waals surface area contributed by atoms with E-state index in [-0.39, 0.29) is 5.82 Å². The zero-order chi connectivity index (χ0) is 12.4. The van der Waals surface area contributed by atoms with Crippen LogP contribution in [0.1, 0.15) is 56.5 Å². The lowest BCUT2D eigenvalue weighted by Crippen LogP contribution is -2.16. The number of aryl methyl sites for hydroxylation is 1. The van der Waals surface area contributed by atoms with E-state index in [1.54, 1.807) is 6.92 Å². The van der Waals surface area contributed by atoms with E-state index in [1.165, 1.54) is 19.3 Å². The Morgan fingerprint density at radius 2 is 1.88 bits per heavy atom. The van der Waals surface area contributed by atoms with Crippen molar-refractivity contribution in [2.45, 2.75) is 51.9 Å². The average Bonchev–Trinajstić information content (AvgIpc) is 2.35. The van der Waals surface area contributed by atoms with E-state index in [4.69, 9.17) is 5.73 Å². The van der Waals surface area contributed by atoms with Gasteiger partial charge < -0.3 is 5.73 Å². The fourth-order valence-corrected chi connectivity index (χ4v) is 2.62. The van der Waals surface area contributed by atoms with Gasteiger partial charge in [-0.2, -0.15) is 0 Å². The van der Waals surface area contributed by atoms with Gasteiger partial charge in [0.25, 0.3) is 0 Å². The molecule has 4 heteroatoms. The van der Waals surface area contributed by atoms with Crippen LogP contribution in [0.4, 0.5) is 10.2 Å². The fraction of sp³-hybridized carbons (Fsp3) is 0.692. The molecule has 0 saturated heterocycles. The van der Waals surface area contributed by atoms with E-state index in [1.807, 2.05) is 0 Å². The molecule has 0 aliphatic heterocycles. The molecule has 1 aromatic heterocycles. The van der Waals surface area contributed by atoms with Crippen molar-refractivity contribution in [2.75, 3.05) is 5.73 Å². The molecule has 0 spiro atoms. The lowest BCUT2D eigenvalue weighted by molar-refractivity contribution is 0.311. The number of nitrogens with two attached hydrogens (primary N) is 1. The van der Waals surface area contributed by atoms with E-state index in [2.05, 4.69) is 16.9 Å². The Labute approximate surface area is 102 Å². The quantitative estimate of drug-likeness (QED) is 0.859. The fourth-order valence-electron chi connectivity index (χ4n) is 2.62. The Balaban J connectivity index is 2.13. The van der Waals surface area contributed by atoms with E-state index < -0.39 is 5.82 Å². The van der Waals surface area contributed by atoms with Gasteiger partial charge in [-0.3, -0.25) is 0 Å². The first-order chi connectivity index (χ1) is 8.11. The van der Waals surface area contributed by atoms with Crippen LogP contribution in [0, 0.1) is 18.7 Å². The maximum atomic E-state index is 13.3. The van der Waals surface area contributed by atoms with Crippen molar-refractivity contribution < 1.29 is 4.39 Å². The Kier molecular flexibility index (Phi) is 3.60. The largest absolute Gasteiger partial charge is 0.381 e. The molecular formula is C13H20FN3. The van der Waals surface area contributed by atoms with E-state index in [0.717, 1.165) is 24.6 Å². The minimum Gasteiger partial charge on any atom is -0.381 e. The minimum absolute atomic E-state index is 0.00915. The molecule has 3 nitrogen and oxygen atoms in total. The van der Waals surface area contributed by atoms with Crippen LogP contribution in [0.5, 0.6) is 0 Å². The zero-order valence-electron chi connectivity index (χ0n) is 10.5. The predicted molar refractivity (Wildman–Crippen MR) is 66.1 cm³/mol. The summed E-state index contributed by atoms with van der Waals surface area (Å²) in [5, 5.41) is 0. The highest BCUT2D eigenvalue weighted by Gasteiger charge is 2.24. The maximum Gasteiger partial charge on any atom is 0.186 e. The molecule has 1 saturated carbocycles. The summed E-state index contributed by atoms with van der Waals surface area (Å²) in [5.41, 5.74) is 5.92. The van der Waals surface area contributed by atoms with Crippen LogP contribution in [0.15, 0.2) is 0 Å². The van der Waals surface area contributed by atoms with Crippen LogP contribution in [0.25, 0.3) is 0 Å². The summed E-state index contributed by atoms with van der Waals surface area (Å²) in [5.74, 6) is 1.45. The summed E-state index contributed by atoms with van der Waals surface area (Å²) in [4.78, 5) is 8.34. The van der Waals surface area contributed by atoms with Crippen molar-refractivity contribution in [3.8, 4) is 0 Å². The molecule has 0 aromatic carbocycles. The second kappa shape index (κ2) is 4.98. The number of hydrogen-bond acceptors (Lipinski definition) is 3. The molecule has 2 rings (SSSR count). The van der Waals surface area contributed by atoms with Crippen molar-refractivity contribution in [2.24, 2.45) is 5.92 Å². The van der Waals surface area contributed by atoms with E-state index >= 15 is 0 Å². The van der Waals surface area contributed by atoms with Gasteiger partial charge in [-0.15, -0.1) is 0 Å². The van der Waals surface area contributed by atoms with Crippen molar-refractivity contribution in [1.29, 1.82) is 0 Å². The summed E-state index contributed by atoms with van der Waals surface area (Å²) in [6, 6.07) is 0. The molecule has 17 heavy (non-hydrogen) atoms. The third kappa shape index (κ3) is 2.56. The first-order valence-corrected chi connectivity index (χ1v) is 6.41. The summed E-state index contributed by atoms with van der Waals surface area (Å²) in [7, 11) is 0. The van der Waals surface area contributed by atoms with Crippen molar-refractivity contribution in [3.05, 3.63) is 17.3 Å². The number of aromatic nitrogens is 2. The highest BCUT2D eigenvalue weighted by atomic mass is 19.1. The van der Waals surface area contributed by atoms with Gasteiger partial charge in [0.15, 0.2) is 11.6 Å². The van der Waals surface area contributed by atoms with Crippen molar-refractivity contribution >= 4 is 5.82 Å². The molecule has 0 bridgehead atoms. The molecule has 0 amide bonds. The number of nitrogens with zero attached hydrogens (tertiary/aromatic N) is 2. The molecule has 1 aliphatic carbocycles. The van der Waals surface area contributed by atoms with E-state index in [0.29, 0.717) is 11.6 Å². The Hall–Kier alpha value is -1.19. The Bertz CT molecular complexity index is 375. The maximum absolute atomic E-state index is 13.3. The monoisotopic (exact) mass is 237 g/mol. The van der Waals surface area contributed by atoms with Gasteiger partial charge >= 0.3 is 0 Å². The number of rotatable bonds is 2. The number of nitrogen functional groups attached to an aromatic ring is 1. The standard InChI is InChI=1S/C13H20FN3/c1-3-9-4-6-10(7-5-9)13-16-8(2)11(14)12(15)17-13/h9-10H,3-7H2,1-2H3,(H2,15,16,17). The molecule has 1 fully saturated rings. The second-order valence-electron chi connectivity index (χ2n) is 4.99. The molecule has 2 N–H and O–H groups in total. The summed E-state index contributed by atoms with van der Waals surface area (Å²) in [6.45, 7) is 3.88. The summed E-state index contributed by atoms with van der Waals surface area (Å²) < 4.78 is 13.3. The molecule has 1 heterocycles. The topological polar surface area (TPSA) is 51.8 Å². The van der Waals surface area contributed by atoms with Gasteiger partial charge in [-0.25, -0.2) is 14.4 Å². The molecule has 1 aromatic rings. The minimum atomic E-state index is -0.476. The highest BCUT2D eigenvalue weighted by molar-refractivity contribution is 5.32. The van der Waals surface area contributed by atoms with Crippen LogP contribution in [0.2, 0.25) is 0 Å². The second-order valence-corrected chi connectivity index (χ2v) is 4.99. The van der Waals surface area contributed by atoms with Crippen molar-refractivity contribution in [3.63, 3.8) is 0 Å². The highest BCUT2D eigenvalue weighted by Crippen LogP contribution is 2.35. The van der Waals surface area contributed by atoms with Gasteiger partial charge in [0, 0.05) is 5.92 Å². The van der Waals surface area contributed by atoms with Gasteiger partial charge in [0.2, 0.25) is 0 Å². The molecular weight excluding hydrogens is 217 g/mol. The lowest BCUT2D eigenvalue weighted by Gasteiger charge is -2.27. The summed E-state index contributed by atoms with van der Waals surface area (Å²) in [6.07, 6.45) is 5.89. The molecule has 94 valence electrons. The molecule has 0 unspecified atom stereocenters. The summed E-state index contributed by atoms with van der Waals surface area (Å²) >= 11 is 0. The van der Waals surface area contributed by atoms with Gasteiger partial charge in [0.05, 0.1) is 5.69 Å². The number of anilines is 1. The first kappa shape index (κ1) is 12.3. The van der Waals surface area contributed by atoms with Gasteiger partial charge in [-0.1, -0.05) is 13.3 Å². The Morgan fingerprint density at radius 3 is 2.41 bits per heavy atom. The van der Waals surface area contributed by atoms with Crippen LogP contribution in [0.3, 0.4) is 0 Å². The SMILES string of the molecule is CCC1CCC(c2nc(C)c(F)c(N)n2)CC1. The smallest absolute Gasteiger partial charge is 0.186 e. The molecule has 1 aliphatic rings. The number of hydrogen-bond donors (Lipinski definition) is 1. The van der Waals surface area contributed by atoms with Crippen molar-refractivity contribution in [1.82, 2.24) is 9.97 Å². The number of halogens is 1. The van der Waals surface area contributed by atoms with Gasteiger partial charge in [-0.05, 0) is 38.5 Å². The first-order valence-electron chi connectivity index (χ1n) is 6.41. The normalized spacial score (nSPS) is 24.9. The third-order valence-corrected chi connectivity index (χ3v) is 3.85. The molecule has 0 radical (unpaired) electrons. The van der Waals surface area contributed by atoms with Gasteiger partial charge in [0.1, 0.15) is 5.82 Å².